The maximum absolute atomic E-state index is 9.49. The molecule has 4 nitrogen and oxygen atoms in total. The summed E-state index contributed by atoms with van der Waals surface area (Å²) in [4.78, 5) is 0. The molecule has 0 fully saturated rings. The van der Waals surface area contributed by atoms with Gasteiger partial charge >= 0.3 is 0 Å². The van der Waals surface area contributed by atoms with E-state index in [1.54, 1.807) is 20.1 Å². The van der Waals surface area contributed by atoms with E-state index in [9.17, 15) is 5.11 Å². The molecule has 1 rings (SSSR count). The highest BCUT2D eigenvalue weighted by Crippen LogP contribution is 2.30. The van der Waals surface area contributed by atoms with Gasteiger partial charge in [0.25, 0.3) is 0 Å². The van der Waals surface area contributed by atoms with Gasteiger partial charge in [-0.15, -0.1) is 0 Å². The van der Waals surface area contributed by atoms with Crippen molar-refractivity contribution in [2.24, 2.45) is 0 Å². The molecule has 0 bridgehead atoms. The third-order valence-electron chi connectivity index (χ3n) is 2.56. The van der Waals surface area contributed by atoms with Gasteiger partial charge in [0, 0.05) is 19.6 Å². The van der Waals surface area contributed by atoms with Crippen LogP contribution in [0.1, 0.15) is 31.9 Å². The summed E-state index contributed by atoms with van der Waals surface area (Å²) < 4.78 is 16.1. The molecule has 102 valence electrons. The number of hydrogen-bond donors (Lipinski definition) is 1. The van der Waals surface area contributed by atoms with Crippen LogP contribution in [0.3, 0.4) is 0 Å². The summed E-state index contributed by atoms with van der Waals surface area (Å²) in [5.41, 5.74) is 0.813. The molecule has 0 amide bonds. The van der Waals surface area contributed by atoms with E-state index < -0.39 is 6.10 Å². The van der Waals surface area contributed by atoms with Gasteiger partial charge in [-0.1, -0.05) is 6.07 Å². The molecule has 4 heteroatoms. The number of hydrogen-bond acceptors (Lipinski definition) is 4. The number of aliphatic hydroxyl groups excluding tert-OH is 1. The van der Waals surface area contributed by atoms with Gasteiger partial charge in [-0.2, -0.15) is 0 Å². The minimum absolute atomic E-state index is 0.508. The molecule has 0 saturated heterocycles. The van der Waals surface area contributed by atoms with Crippen LogP contribution in [0, 0.1) is 0 Å². The van der Waals surface area contributed by atoms with Crippen LogP contribution in [0.15, 0.2) is 18.2 Å². The van der Waals surface area contributed by atoms with Crippen molar-refractivity contribution in [1.29, 1.82) is 0 Å². The zero-order valence-corrected chi connectivity index (χ0v) is 11.3. The van der Waals surface area contributed by atoms with Gasteiger partial charge in [0.1, 0.15) is 0 Å². The molecular formula is C14H22O4. The molecule has 0 aromatic heterocycles. The Balaban J connectivity index is 2.54. The van der Waals surface area contributed by atoms with Crippen molar-refractivity contribution in [3.63, 3.8) is 0 Å². The first-order valence-corrected chi connectivity index (χ1v) is 6.25. The molecule has 0 unspecified atom stereocenters. The average molecular weight is 254 g/mol. The minimum Gasteiger partial charge on any atom is -0.493 e. The van der Waals surface area contributed by atoms with Crippen molar-refractivity contribution < 1.29 is 19.3 Å². The molecule has 0 aliphatic heterocycles. The summed E-state index contributed by atoms with van der Waals surface area (Å²) in [6, 6.07) is 5.45. The lowest BCUT2D eigenvalue weighted by atomic mass is 10.1. The fourth-order valence-corrected chi connectivity index (χ4v) is 1.55. The second kappa shape index (κ2) is 7.95. The molecule has 0 spiro atoms. The predicted molar refractivity (Wildman–Crippen MR) is 70.2 cm³/mol. The van der Waals surface area contributed by atoms with Crippen LogP contribution in [0.5, 0.6) is 11.5 Å². The van der Waals surface area contributed by atoms with Crippen LogP contribution in [-0.4, -0.2) is 32.0 Å². The van der Waals surface area contributed by atoms with E-state index in [0.717, 1.165) is 18.6 Å². The smallest absolute Gasteiger partial charge is 0.161 e. The summed E-state index contributed by atoms with van der Waals surface area (Å²) in [6.07, 6.45) is 0.334. The number of ether oxygens (including phenoxy) is 3. The summed E-state index contributed by atoms with van der Waals surface area (Å²) in [6.45, 7) is 5.71. The van der Waals surface area contributed by atoms with E-state index >= 15 is 0 Å². The lowest BCUT2D eigenvalue weighted by molar-refractivity contribution is 0.130. The van der Waals surface area contributed by atoms with Crippen LogP contribution in [0.25, 0.3) is 0 Å². The van der Waals surface area contributed by atoms with E-state index in [0.29, 0.717) is 24.7 Å². The van der Waals surface area contributed by atoms with Gasteiger partial charge in [-0.05, 0) is 31.5 Å². The summed E-state index contributed by atoms with van der Waals surface area (Å²) in [5.74, 6) is 1.34. The molecule has 0 radical (unpaired) electrons. The fraction of sp³-hybridized carbons (Fsp3) is 0.571. The number of benzene rings is 1. The molecule has 1 aromatic rings. The normalized spacial score (nSPS) is 12.2. The highest BCUT2D eigenvalue weighted by Gasteiger charge is 2.08. The van der Waals surface area contributed by atoms with E-state index in [-0.39, 0.29) is 0 Å². The number of methoxy groups -OCH3 is 1. The molecule has 1 atom stereocenters. The lowest BCUT2D eigenvalue weighted by Crippen LogP contribution is -2.04. The summed E-state index contributed by atoms with van der Waals surface area (Å²) in [7, 11) is 1.59. The Morgan fingerprint density at radius 1 is 1.22 bits per heavy atom. The summed E-state index contributed by atoms with van der Waals surface area (Å²) in [5, 5.41) is 9.49. The predicted octanol–water partition coefficient (Wildman–Crippen LogP) is 2.55. The Hall–Kier alpha value is -1.26. The third kappa shape index (κ3) is 4.55. The standard InChI is InChI=1S/C14H22O4/c1-4-17-8-5-9-18-13-7-6-12(11(2)15)10-14(13)16-3/h6-7,10-11,15H,4-5,8-9H2,1-3H3/t11-/m1/s1. The molecule has 1 aromatic carbocycles. The van der Waals surface area contributed by atoms with Crippen molar-refractivity contribution in [1.82, 2.24) is 0 Å². The van der Waals surface area contributed by atoms with Crippen LogP contribution >= 0.6 is 0 Å². The zero-order valence-electron chi connectivity index (χ0n) is 11.3. The van der Waals surface area contributed by atoms with Crippen molar-refractivity contribution >= 4 is 0 Å². The first kappa shape index (κ1) is 14.8. The van der Waals surface area contributed by atoms with Crippen LogP contribution in [0.4, 0.5) is 0 Å². The van der Waals surface area contributed by atoms with Gasteiger partial charge in [-0.3, -0.25) is 0 Å². The fourth-order valence-electron chi connectivity index (χ4n) is 1.55. The quantitative estimate of drug-likeness (QED) is 0.724. The van der Waals surface area contributed by atoms with Gasteiger partial charge in [0.05, 0.1) is 19.8 Å². The van der Waals surface area contributed by atoms with E-state index in [1.807, 2.05) is 19.1 Å². The monoisotopic (exact) mass is 254 g/mol. The molecule has 0 aliphatic carbocycles. The van der Waals surface area contributed by atoms with Crippen LogP contribution in [-0.2, 0) is 4.74 Å². The summed E-state index contributed by atoms with van der Waals surface area (Å²) >= 11 is 0. The highest BCUT2D eigenvalue weighted by molar-refractivity contribution is 5.43. The Morgan fingerprint density at radius 3 is 2.61 bits per heavy atom. The van der Waals surface area contributed by atoms with Crippen molar-refractivity contribution in [3.05, 3.63) is 23.8 Å². The van der Waals surface area contributed by atoms with Gasteiger partial charge in [0.2, 0.25) is 0 Å². The third-order valence-corrected chi connectivity index (χ3v) is 2.56. The lowest BCUT2D eigenvalue weighted by Gasteiger charge is -2.13. The van der Waals surface area contributed by atoms with E-state index in [2.05, 4.69) is 0 Å². The second-order valence-electron chi connectivity index (χ2n) is 3.99. The molecule has 1 N–H and O–H groups in total. The molecule has 0 saturated carbocycles. The molecule has 0 heterocycles. The Labute approximate surface area is 108 Å². The van der Waals surface area contributed by atoms with Gasteiger partial charge in [-0.25, -0.2) is 0 Å². The minimum atomic E-state index is -0.508. The van der Waals surface area contributed by atoms with E-state index in [1.165, 1.54) is 0 Å². The largest absolute Gasteiger partial charge is 0.493 e. The number of rotatable bonds is 8. The second-order valence-corrected chi connectivity index (χ2v) is 3.99. The molecule has 0 aliphatic rings. The highest BCUT2D eigenvalue weighted by atomic mass is 16.5. The molecule has 18 heavy (non-hydrogen) atoms. The SMILES string of the molecule is CCOCCCOc1ccc([C@@H](C)O)cc1OC. The van der Waals surface area contributed by atoms with Crippen LogP contribution < -0.4 is 9.47 Å². The Bertz CT molecular complexity index is 350. The maximum atomic E-state index is 9.49. The first-order valence-electron chi connectivity index (χ1n) is 6.25. The maximum Gasteiger partial charge on any atom is 0.161 e. The van der Waals surface area contributed by atoms with Gasteiger partial charge in [0.15, 0.2) is 11.5 Å². The first-order chi connectivity index (χ1) is 8.69. The average Bonchev–Trinajstić information content (AvgIpc) is 2.38. The van der Waals surface area contributed by atoms with Gasteiger partial charge < -0.3 is 19.3 Å². The zero-order chi connectivity index (χ0) is 13.4. The van der Waals surface area contributed by atoms with Crippen molar-refractivity contribution in [2.45, 2.75) is 26.4 Å². The van der Waals surface area contributed by atoms with Crippen LogP contribution in [0.2, 0.25) is 0 Å². The van der Waals surface area contributed by atoms with E-state index in [4.69, 9.17) is 14.2 Å². The Morgan fingerprint density at radius 2 is 2.00 bits per heavy atom. The number of aliphatic hydroxyl groups is 1. The topological polar surface area (TPSA) is 47.9 Å². The van der Waals surface area contributed by atoms with Crippen molar-refractivity contribution in [2.75, 3.05) is 26.9 Å². The molecular weight excluding hydrogens is 232 g/mol. The Kier molecular flexibility index (Phi) is 6.54. The van der Waals surface area contributed by atoms with Crippen molar-refractivity contribution in [3.8, 4) is 11.5 Å².